The molecule has 56 heavy (non-hydrogen) atoms. The van der Waals surface area contributed by atoms with Gasteiger partial charge in [0.1, 0.15) is 0 Å². The maximum Gasteiger partial charge on any atom is 0.0540 e. The number of fused-ring (bicyclic) bond motifs is 2. The molecule has 270 valence electrons. The third-order valence-electron chi connectivity index (χ3n) is 10.5. The minimum atomic E-state index is 0.743. The molecule has 0 radical (unpaired) electrons. The second kappa shape index (κ2) is 15.2. The summed E-state index contributed by atoms with van der Waals surface area (Å²) in [5.41, 5.74) is 19.3. The predicted molar refractivity (Wildman–Crippen MR) is 239 cm³/mol. The largest absolute Gasteiger partial charge is 0.399 e. The number of nitrogens with two attached hydrogens (primary N) is 1. The van der Waals surface area contributed by atoms with Gasteiger partial charge in [-0.1, -0.05) is 127 Å². The summed E-state index contributed by atoms with van der Waals surface area (Å²) in [5, 5.41) is 8.40. The Kier molecular flexibility index (Phi) is 9.36. The molecule has 0 aromatic heterocycles. The average Bonchev–Trinajstić information content (AvgIpc) is 3.25. The number of nitrogens with zero attached hydrogens (tertiary/aromatic N) is 2. The fraction of sp³-hybridized carbons (Fsp3) is 0.0385. The molecule has 0 bridgehead atoms. The van der Waals surface area contributed by atoms with Crippen molar-refractivity contribution in [2.45, 2.75) is 13.5 Å². The van der Waals surface area contributed by atoms with Gasteiger partial charge in [-0.25, -0.2) is 0 Å². The van der Waals surface area contributed by atoms with Crippen molar-refractivity contribution in [3.05, 3.63) is 217 Å². The summed E-state index contributed by atoms with van der Waals surface area (Å²) in [6.45, 7) is 2.91. The molecule has 3 N–H and O–H groups in total. The molecule has 4 heteroatoms. The Morgan fingerprint density at radius 3 is 1.36 bits per heavy atom. The van der Waals surface area contributed by atoms with Crippen LogP contribution in [0.25, 0.3) is 32.7 Å². The fourth-order valence-corrected chi connectivity index (χ4v) is 7.64. The van der Waals surface area contributed by atoms with Gasteiger partial charge in [-0.15, -0.1) is 0 Å². The number of anilines is 8. The van der Waals surface area contributed by atoms with E-state index in [-0.39, 0.29) is 0 Å². The maximum absolute atomic E-state index is 6.11. The number of rotatable bonds is 10. The molecule has 9 aromatic rings. The van der Waals surface area contributed by atoms with Crippen LogP contribution >= 0.6 is 0 Å². The Balaban J connectivity index is 1.04. The van der Waals surface area contributed by atoms with Gasteiger partial charge in [-0.2, -0.15) is 0 Å². The van der Waals surface area contributed by atoms with Crippen LogP contribution < -0.4 is 20.9 Å². The Bertz CT molecular complexity index is 2740. The van der Waals surface area contributed by atoms with Crippen molar-refractivity contribution in [2.75, 3.05) is 20.9 Å². The number of nitrogens with one attached hydrogen (secondary N) is 1. The highest BCUT2D eigenvalue weighted by molar-refractivity contribution is 6.00. The van der Waals surface area contributed by atoms with Crippen molar-refractivity contribution in [1.29, 1.82) is 0 Å². The van der Waals surface area contributed by atoms with E-state index >= 15 is 0 Å². The summed E-state index contributed by atoms with van der Waals surface area (Å²) >= 11 is 0. The normalized spacial score (nSPS) is 11.1. The number of nitrogen functional groups attached to an aromatic ring is 1. The van der Waals surface area contributed by atoms with Gasteiger partial charge < -0.3 is 20.9 Å². The lowest BCUT2D eigenvalue weighted by Gasteiger charge is -2.27. The molecule has 0 amide bonds. The molecule has 0 unspecified atom stereocenters. The monoisotopic (exact) mass is 722 g/mol. The van der Waals surface area contributed by atoms with Crippen molar-refractivity contribution in [1.82, 2.24) is 0 Å². The lowest BCUT2D eigenvalue weighted by atomic mass is 10.0. The van der Waals surface area contributed by atoms with E-state index in [0.717, 1.165) is 63.2 Å². The van der Waals surface area contributed by atoms with Crippen LogP contribution in [-0.4, -0.2) is 0 Å². The van der Waals surface area contributed by atoms with Crippen LogP contribution in [0.15, 0.2) is 206 Å². The first-order valence-corrected chi connectivity index (χ1v) is 19.1. The summed E-state index contributed by atoms with van der Waals surface area (Å²) in [6.07, 6.45) is 0. The first-order valence-electron chi connectivity index (χ1n) is 19.1. The van der Waals surface area contributed by atoms with E-state index in [0.29, 0.717) is 0 Å². The van der Waals surface area contributed by atoms with Gasteiger partial charge in [0.25, 0.3) is 0 Å². The van der Waals surface area contributed by atoms with Crippen LogP contribution in [0, 0.1) is 6.92 Å². The van der Waals surface area contributed by atoms with Gasteiger partial charge in [0, 0.05) is 51.4 Å². The molecule has 4 nitrogen and oxygen atoms in total. The highest BCUT2D eigenvalue weighted by Gasteiger charge is 2.18. The summed E-state index contributed by atoms with van der Waals surface area (Å²) < 4.78 is 0. The van der Waals surface area contributed by atoms with Crippen LogP contribution in [0.1, 0.15) is 11.1 Å². The van der Waals surface area contributed by atoms with E-state index in [2.05, 4.69) is 216 Å². The van der Waals surface area contributed by atoms with Gasteiger partial charge in [-0.05, 0) is 119 Å². The van der Waals surface area contributed by atoms with Gasteiger partial charge in [0.05, 0.1) is 11.4 Å². The van der Waals surface area contributed by atoms with E-state index in [9.17, 15) is 0 Å². The van der Waals surface area contributed by atoms with Crippen LogP contribution in [0.2, 0.25) is 0 Å². The Morgan fingerprint density at radius 1 is 0.429 bits per heavy atom. The number of aryl methyl sites for hydroxylation is 1. The highest BCUT2D eigenvalue weighted by Crippen LogP contribution is 2.42. The highest BCUT2D eigenvalue weighted by atomic mass is 15.1. The number of hydrogen-bond donors (Lipinski definition) is 2. The van der Waals surface area contributed by atoms with Gasteiger partial charge in [0.15, 0.2) is 0 Å². The van der Waals surface area contributed by atoms with E-state index in [1.54, 1.807) is 0 Å². The minimum Gasteiger partial charge on any atom is -0.399 e. The van der Waals surface area contributed by atoms with Gasteiger partial charge >= 0.3 is 0 Å². The standard InChI is InChI=1S/C52H42N4/c1-37-9-6-10-38(35-37)36-54-44-25-33-48(34-26-44)56(52-18-8-14-42-12-3-5-16-50(42)52)46-29-21-40(22-30-46)39-19-27-45(28-20-39)55(47-31-23-43(53)24-32-47)51-17-7-13-41-11-2-4-15-49(41)51/h2-35,54H,36,53H2,1H3. The molecule has 0 aliphatic heterocycles. The van der Waals surface area contributed by atoms with Crippen molar-refractivity contribution in [3.63, 3.8) is 0 Å². The Morgan fingerprint density at radius 2 is 0.857 bits per heavy atom. The molecule has 0 heterocycles. The molecular formula is C52H42N4. The maximum atomic E-state index is 6.11. The topological polar surface area (TPSA) is 44.5 Å². The Hall–Kier alpha value is -7.30. The van der Waals surface area contributed by atoms with Crippen molar-refractivity contribution in [2.24, 2.45) is 0 Å². The predicted octanol–water partition coefficient (Wildman–Crippen LogP) is 14.1. The third-order valence-corrected chi connectivity index (χ3v) is 10.5. The zero-order chi connectivity index (χ0) is 37.8. The molecule has 9 aromatic carbocycles. The van der Waals surface area contributed by atoms with Gasteiger partial charge in [-0.3, -0.25) is 0 Å². The first-order chi connectivity index (χ1) is 27.6. The zero-order valence-corrected chi connectivity index (χ0v) is 31.3. The van der Waals surface area contributed by atoms with E-state index in [1.165, 1.54) is 32.7 Å². The van der Waals surface area contributed by atoms with Crippen LogP contribution in [0.3, 0.4) is 0 Å². The SMILES string of the molecule is Cc1cccc(CNc2ccc(N(c3ccc(-c4ccc(N(c5ccc(N)cc5)c5cccc6ccccc56)cc4)cc3)c3cccc4ccccc34)cc2)c1. The van der Waals surface area contributed by atoms with E-state index < -0.39 is 0 Å². The van der Waals surface area contributed by atoms with Crippen molar-refractivity contribution in [3.8, 4) is 11.1 Å². The lowest BCUT2D eigenvalue weighted by Crippen LogP contribution is -2.11. The first kappa shape index (κ1) is 34.5. The van der Waals surface area contributed by atoms with Crippen molar-refractivity contribution >= 4 is 67.0 Å². The molecule has 9 rings (SSSR count). The smallest absolute Gasteiger partial charge is 0.0540 e. The molecule has 0 fully saturated rings. The quantitative estimate of drug-likeness (QED) is 0.138. The summed E-state index contributed by atoms with van der Waals surface area (Å²) in [7, 11) is 0. The minimum absolute atomic E-state index is 0.743. The summed E-state index contributed by atoms with van der Waals surface area (Å²) in [4.78, 5) is 4.66. The molecule has 0 aliphatic rings. The molecule has 0 saturated carbocycles. The molecular weight excluding hydrogens is 681 g/mol. The Labute approximate surface area is 328 Å². The van der Waals surface area contributed by atoms with Crippen LogP contribution in [0.4, 0.5) is 45.5 Å². The second-order valence-electron chi connectivity index (χ2n) is 14.2. The van der Waals surface area contributed by atoms with E-state index in [4.69, 9.17) is 5.73 Å². The number of hydrogen-bond acceptors (Lipinski definition) is 4. The van der Waals surface area contributed by atoms with Crippen LogP contribution in [-0.2, 0) is 6.54 Å². The summed E-state index contributed by atoms with van der Waals surface area (Å²) in [5.74, 6) is 0. The molecule has 0 saturated heterocycles. The fourth-order valence-electron chi connectivity index (χ4n) is 7.64. The summed E-state index contributed by atoms with van der Waals surface area (Å²) in [6, 6.07) is 73.3. The second-order valence-corrected chi connectivity index (χ2v) is 14.2. The zero-order valence-electron chi connectivity index (χ0n) is 31.3. The van der Waals surface area contributed by atoms with Crippen LogP contribution in [0.5, 0.6) is 0 Å². The lowest BCUT2D eigenvalue weighted by molar-refractivity contribution is 1.14. The van der Waals surface area contributed by atoms with Gasteiger partial charge in [0.2, 0.25) is 0 Å². The molecule has 0 aliphatic carbocycles. The van der Waals surface area contributed by atoms with E-state index in [1.807, 2.05) is 12.1 Å². The van der Waals surface area contributed by atoms with Crippen molar-refractivity contribution < 1.29 is 0 Å². The average molecular weight is 723 g/mol. The molecule has 0 spiro atoms. The third kappa shape index (κ3) is 7.04. The number of benzene rings is 9. The molecule has 0 atom stereocenters.